The standard InChI is InChI=1S/C15H23N3O2/c1-2-18(13-3-8-16-9-4-13)15(19)7-12-20-14-5-10-17-11-6-14/h3-4,8-9,14,17H,2,5-7,10-12H2,1H3. The number of ether oxygens (including phenoxy) is 1. The first kappa shape index (κ1) is 14.9. The molecular formula is C15H23N3O2. The fraction of sp³-hybridized carbons (Fsp3) is 0.600. The Balaban J connectivity index is 1.78. The number of hydrogen-bond acceptors (Lipinski definition) is 4. The Morgan fingerprint density at radius 1 is 1.40 bits per heavy atom. The van der Waals surface area contributed by atoms with Crippen molar-refractivity contribution in [3.8, 4) is 0 Å². The van der Waals surface area contributed by atoms with Gasteiger partial charge in [0.15, 0.2) is 0 Å². The number of hydrogen-bond donors (Lipinski definition) is 1. The first-order valence-electron chi connectivity index (χ1n) is 7.34. The van der Waals surface area contributed by atoms with Crippen molar-refractivity contribution >= 4 is 11.6 Å². The summed E-state index contributed by atoms with van der Waals surface area (Å²) in [6.07, 6.45) is 6.22. The fourth-order valence-corrected chi connectivity index (χ4v) is 2.44. The van der Waals surface area contributed by atoms with E-state index in [0.717, 1.165) is 31.6 Å². The van der Waals surface area contributed by atoms with Crippen LogP contribution in [-0.2, 0) is 9.53 Å². The number of pyridine rings is 1. The minimum Gasteiger partial charge on any atom is -0.378 e. The molecular weight excluding hydrogens is 254 g/mol. The summed E-state index contributed by atoms with van der Waals surface area (Å²) in [4.78, 5) is 18.0. The molecule has 20 heavy (non-hydrogen) atoms. The van der Waals surface area contributed by atoms with E-state index in [1.54, 1.807) is 17.3 Å². The highest BCUT2D eigenvalue weighted by Gasteiger charge is 2.16. The molecule has 5 heteroatoms. The lowest BCUT2D eigenvalue weighted by Crippen LogP contribution is -2.34. The maximum atomic E-state index is 12.2. The van der Waals surface area contributed by atoms with Gasteiger partial charge in [0.1, 0.15) is 0 Å². The third-order valence-electron chi connectivity index (χ3n) is 3.55. The molecule has 0 unspecified atom stereocenters. The average Bonchev–Trinajstić information content (AvgIpc) is 2.50. The van der Waals surface area contributed by atoms with Crippen LogP contribution < -0.4 is 10.2 Å². The molecule has 1 aliphatic heterocycles. The smallest absolute Gasteiger partial charge is 0.229 e. The van der Waals surface area contributed by atoms with E-state index in [0.29, 0.717) is 25.7 Å². The minimum absolute atomic E-state index is 0.104. The third-order valence-corrected chi connectivity index (χ3v) is 3.55. The average molecular weight is 277 g/mol. The van der Waals surface area contributed by atoms with Crippen molar-refractivity contribution in [1.29, 1.82) is 0 Å². The van der Waals surface area contributed by atoms with Crippen LogP contribution in [-0.4, -0.2) is 43.2 Å². The number of carbonyl (C=O) groups excluding carboxylic acids is 1. The topological polar surface area (TPSA) is 54.5 Å². The van der Waals surface area contributed by atoms with Gasteiger partial charge >= 0.3 is 0 Å². The van der Waals surface area contributed by atoms with Gasteiger partial charge in [0.05, 0.1) is 19.1 Å². The Morgan fingerprint density at radius 3 is 2.75 bits per heavy atom. The van der Waals surface area contributed by atoms with E-state index in [-0.39, 0.29) is 5.91 Å². The highest BCUT2D eigenvalue weighted by Crippen LogP contribution is 2.14. The second-order valence-corrected chi connectivity index (χ2v) is 4.91. The van der Waals surface area contributed by atoms with Gasteiger partial charge in [-0.05, 0) is 45.0 Å². The van der Waals surface area contributed by atoms with Crippen molar-refractivity contribution in [1.82, 2.24) is 10.3 Å². The number of amides is 1. The molecule has 1 N–H and O–H groups in total. The monoisotopic (exact) mass is 277 g/mol. The third kappa shape index (κ3) is 4.28. The number of rotatable bonds is 6. The van der Waals surface area contributed by atoms with Crippen LogP contribution in [0.4, 0.5) is 5.69 Å². The molecule has 0 aromatic carbocycles. The van der Waals surface area contributed by atoms with Crippen LogP contribution in [0, 0.1) is 0 Å². The molecule has 1 fully saturated rings. The van der Waals surface area contributed by atoms with Crippen molar-refractivity contribution in [2.75, 3.05) is 31.1 Å². The second kappa shape index (κ2) is 7.97. The number of nitrogens with zero attached hydrogens (tertiary/aromatic N) is 2. The molecule has 2 rings (SSSR count). The highest BCUT2D eigenvalue weighted by molar-refractivity contribution is 5.93. The summed E-state index contributed by atoms with van der Waals surface area (Å²) in [6.45, 7) is 5.17. The van der Waals surface area contributed by atoms with Crippen molar-refractivity contribution in [3.05, 3.63) is 24.5 Å². The molecule has 0 saturated carbocycles. The van der Waals surface area contributed by atoms with Gasteiger partial charge in [-0.2, -0.15) is 0 Å². The molecule has 1 aromatic heterocycles. The van der Waals surface area contributed by atoms with Gasteiger partial charge in [0.25, 0.3) is 0 Å². The molecule has 2 heterocycles. The van der Waals surface area contributed by atoms with Crippen molar-refractivity contribution in [3.63, 3.8) is 0 Å². The Kier molecular flexibility index (Phi) is 5.95. The van der Waals surface area contributed by atoms with E-state index in [4.69, 9.17) is 4.74 Å². The number of anilines is 1. The molecule has 1 aliphatic rings. The summed E-state index contributed by atoms with van der Waals surface area (Å²) >= 11 is 0. The summed E-state index contributed by atoms with van der Waals surface area (Å²) in [7, 11) is 0. The van der Waals surface area contributed by atoms with Gasteiger partial charge in [-0.15, -0.1) is 0 Å². The maximum Gasteiger partial charge on any atom is 0.229 e. The Labute approximate surface area is 120 Å². The van der Waals surface area contributed by atoms with Crippen molar-refractivity contribution in [2.24, 2.45) is 0 Å². The quantitative estimate of drug-likeness (QED) is 0.858. The van der Waals surface area contributed by atoms with Crippen LogP contribution >= 0.6 is 0 Å². The van der Waals surface area contributed by atoms with Crippen LogP contribution in [0.25, 0.3) is 0 Å². The lowest BCUT2D eigenvalue weighted by Gasteiger charge is -2.24. The largest absolute Gasteiger partial charge is 0.378 e. The molecule has 0 radical (unpaired) electrons. The SMILES string of the molecule is CCN(C(=O)CCOC1CCNCC1)c1ccncc1. The van der Waals surface area contributed by atoms with Gasteiger partial charge in [-0.25, -0.2) is 0 Å². The van der Waals surface area contributed by atoms with Crippen LogP contribution in [0.15, 0.2) is 24.5 Å². The molecule has 110 valence electrons. The molecule has 0 bridgehead atoms. The van der Waals surface area contributed by atoms with E-state index in [1.165, 1.54) is 0 Å². The predicted molar refractivity (Wildman–Crippen MR) is 78.7 cm³/mol. The molecule has 0 spiro atoms. The summed E-state index contributed by atoms with van der Waals surface area (Å²) in [5, 5.41) is 3.30. The van der Waals surface area contributed by atoms with Gasteiger partial charge in [-0.1, -0.05) is 0 Å². The van der Waals surface area contributed by atoms with E-state index in [2.05, 4.69) is 10.3 Å². The Hall–Kier alpha value is -1.46. The lowest BCUT2D eigenvalue weighted by atomic mass is 10.1. The van der Waals surface area contributed by atoms with Crippen LogP contribution in [0.2, 0.25) is 0 Å². The normalized spacial score (nSPS) is 16.1. The summed E-state index contributed by atoms with van der Waals surface area (Å²) in [5.74, 6) is 0.104. The summed E-state index contributed by atoms with van der Waals surface area (Å²) in [5.41, 5.74) is 0.898. The molecule has 1 amide bonds. The van der Waals surface area contributed by atoms with E-state index < -0.39 is 0 Å². The van der Waals surface area contributed by atoms with Gasteiger partial charge in [-0.3, -0.25) is 9.78 Å². The molecule has 0 atom stereocenters. The van der Waals surface area contributed by atoms with E-state index >= 15 is 0 Å². The van der Waals surface area contributed by atoms with Crippen molar-refractivity contribution in [2.45, 2.75) is 32.3 Å². The Bertz CT molecular complexity index is 405. The summed E-state index contributed by atoms with van der Waals surface area (Å²) < 4.78 is 5.78. The number of nitrogens with one attached hydrogen (secondary N) is 1. The van der Waals surface area contributed by atoms with Crippen molar-refractivity contribution < 1.29 is 9.53 Å². The van der Waals surface area contributed by atoms with Crippen LogP contribution in [0.5, 0.6) is 0 Å². The second-order valence-electron chi connectivity index (χ2n) is 4.91. The van der Waals surface area contributed by atoms with Gasteiger partial charge in [0, 0.05) is 24.6 Å². The number of piperidine rings is 1. The first-order valence-corrected chi connectivity index (χ1v) is 7.34. The first-order chi connectivity index (χ1) is 9.81. The van der Waals surface area contributed by atoms with Gasteiger partial charge in [0.2, 0.25) is 5.91 Å². The Morgan fingerprint density at radius 2 is 2.10 bits per heavy atom. The molecule has 5 nitrogen and oxygen atoms in total. The fourth-order valence-electron chi connectivity index (χ4n) is 2.44. The molecule has 0 aliphatic carbocycles. The maximum absolute atomic E-state index is 12.2. The van der Waals surface area contributed by atoms with E-state index in [1.807, 2.05) is 19.1 Å². The zero-order valence-corrected chi connectivity index (χ0v) is 12.0. The minimum atomic E-state index is 0.104. The molecule has 1 saturated heterocycles. The predicted octanol–water partition coefficient (Wildman–Crippen LogP) is 1.59. The van der Waals surface area contributed by atoms with Crippen LogP contribution in [0.3, 0.4) is 0 Å². The lowest BCUT2D eigenvalue weighted by molar-refractivity contribution is -0.120. The number of aromatic nitrogens is 1. The number of carbonyl (C=O) groups is 1. The zero-order chi connectivity index (χ0) is 14.2. The zero-order valence-electron chi connectivity index (χ0n) is 12.0. The highest BCUT2D eigenvalue weighted by atomic mass is 16.5. The molecule has 1 aromatic rings. The van der Waals surface area contributed by atoms with Gasteiger partial charge < -0.3 is 15.0 Å². The van der Waals surface area contributed by atoms with E-state index in [9.17, 15) is 4.79 Å². The van der Waals surface area contributed by atoms with Crippen LogP contribution in [0.1, 0.15) is 26.2 Å². The summed E-state index contributed by atoms with van der Waals surface area (Å²) in [6, 6.07) is 3.71.